The number of hydrogen-bond acceptors (Lipinski definition) is 4. The Bertz CT molecular complexity index is 940. The maximum absolute atomic E-state index is 12.9. The number of nitrogens with one attached hydrogen (secondary N) is 1. The molecule has 2 fully saturated rings. The number of hydrogen-bond donors (Lipinski definition) is 2. The van der Waals surface area contributed by atoms with Gasteiger partial charge in [0, 0.05) is 12.6 Å². The quantitative estimate of drug-likeness (QED) is 0.776. The maximum Gasteiger partial charge on any atom is 0.342 e. The van der Waals surface area contributed by atoms with E-state index in [0.29, 0.717) is 17.8 Å². The Kier molecular flexibility index (Phi) is 4.53. The van der Waals surface area contributed by atoms with Crippen LogP contribution in [-0.4, -0.2) is 34.4 Å². The van der Waals surface area contributed by atoms with Crippen LogP contribution in [0, 0.1) is 5.92 Å². The summed E-state index contributed by atoms with van der Waals surface area (Å²) in [4.78, 5) is 20.3. The lowest BCUT2D eigenvalue weighted by Gasteiger charge is -2.50. The summed E-state index contributed by atoms with van der Waals surface area (Å²) < 4.78 is 0. The van der Waals surface area contributed by atoms with Crippen LogP contribution in [0.5, 0.6) is 0 Å². The van der Waals surface area contributed by atoms with Gasteiger partial charge in [0.1, 0.15) is 5.84 Å². The van der Waals surface area contributed by atoms with E-state index < -0.39 is 11.5 Å². The molecule has 1 saturated heterocycles. The molecular weight excluding hydrogens is 362 g/mol. The van der Waals surface area contributed by atoms with Crippen LogP contribution in [0.2, 0.25) is 0 Å². The van der Waals surface area contributed by atoms with Crippen molar-refractivity contribution in [3.05, 3.63) is 60.2 Å². The predicted molar refractivity (Wildman–Crippen MR) is 115 cm³/mol. The van der Waals surface area contributed by atoms with E-state index in [9.17, 15) is 9.90 Å². The van der Waals surface area contributed by atoms with Crippen LogP contribution in [0.15, 0.2) is 59.6 Å². The predicted octanol–water partition coefficient (Wildman–Crippen LogP) is 4.78. The third kappa shape index (κ3) is 2.91. The molecule has 3 atom stereocenters. The van der Waals surface area contributed by atoms with Gasteiger partial charge in [-0.15, -0.1) is 0 Å². The molecule has 1 aliphatic carbocycles. The standard InChI is InChI=1S/C24H27N3O2/c28-23(29)24(18-11-2-1-3-12-18)22(25-19-13-5-6-14-20(19)26-24)27-16-8-10-17-9-4-7-15-21(17)27/h1-3,5-6,11-14,17,21,26H,4,7-10,15-16H2,(H,28,29). The van der Waals surface area contributed by atoms with Crippen molar-refractivity contribution in [2.75, 3.05) is 11.9 Å². The van der Waals surface area contributed by atoms with E-state index in [1.807, 2.05) is 54.6 Å². The van der Waals surface area contributed by atoms with E-state index in [4.69, 9.17) is 4.99 Å². The first-order chi connectivity index (χ1) is 14.2. The van der Waals surface area contributed by atoms with Crippen LogP contribution in [0.3, 0.4) is 0 Å². The highest BCUT2D eigenvalue weighted by Crippen LogP contribution is 2.43. The summed E-state index contributed by atoms with van der Waals surface area (Å²) in [6.45, 7) is 0.867. The third-order valence-corrected chi connectivity index (χ3v) is 6.83. The Morgan fingerprint density at radius 3 is 2.55 bits per heavy atom. The number of fused-ring (bicyclic) bond motifs is 2. The zero-order valence-corrected chi connectivity index (χ0v) is 16.6. The lowest BCUT2D eigenvalue weighted by atomic mass is 9.76. The van der Waals surface area contributed by atoms with Crippen molar-refractivity contribution in [2.45, 2.75) is 50.1 Å². The first-order valence-corrected chi connectivity index (χ1v) is 10.7. The van der Waals surface area contributed by atoms with Crippen molar-refractivity contribution >= 4 is 23.2 Å². The minimum Gasteiger partial charge on any atom is -0.479 e. The van der Waals surface area contributed by atoms with Crippen LogP contribution in [-0.2, 0) is 10.3 Å². The molecule has 5 nitrogen and oxygen atoms in total. The molecule has 3 aliphatic rings. The highest BCUT2D eigenvalue weighted by molar-refractivity contribution is 6.15. The molecule has 2 aliphatic heterocycles. The van der Waals surface area contributed by atoms with E-state index in [1.165, 1.54) is 25.7 Å². The van der Waals surface area contributed by atoms with Crippen molar-refractivity contribution < 1.29 is 9.90 Å². The van der Waals surface area contributed by atoms with Gasteiger partial charge in [-0.25, -0.2) is 9.79 Å². The van der Waals surface area contributed by atoms with Crippen molar-refractivity contribution in [3.8, 4) is 0 Å². The fourth-order valence-electron chi connectivity index (χ4n) is 5.46. The Morgan fingerprint density at radius 1 is 1.00 bits per heavy atom. The lowest BCUT2D eigenvalue weighted by molar-refractivity contribution is -0.140. The second-order valence-corrected chi connectivity index (χ2v) is 8.45. The molecule has 2 heterocycles. The van der Waals surface area contributed by atoms with E-state index in [0.717, 1.165) is 36.3 Å². The number of nitrogens with zero attached hydrogens (tertiary/aromatic N) is 2. The molecule has 0 bridgehead atoms. The number of amidine groups is 1. The smallest absolute Gasteiger partial charge is 0.342 e. The number of carboxylic acids is 1. The molecule has 0 amide bonds. The largest absolute Gasteiger partial charge is 0.479 e. The summed E-state index contributed by atoms with van der Waals surface area (Å²) in [5.74, 6) is 0.376. The number of carbonyl (C=O) groups is 1. The maximum atomic E-state index is 12.9. The number of piperidine rings is 1. The van der Waals surface area contributed by atoms with Gasteiger partial charge < -0.3 is 15.3 Å². The molecule has 0 aromatic heterocycles. The summed E-state index contributed by atoms with van der Waals surface area (Å²) >= 11 is 0. The first-order valence-electron chi connectivity index (χ1n) is 10.7. The molecule has 0 spiro atoms. The van der Waals surface area contributed by atoms with Gasteiger partial charge >= 0.3 is 5.97 Å². The second kappa shape index (κ2) is 7.21. The summed E-state index contributed by atoms with van der Waals surface area (Å²) in [5.41, 5.74) is 0.918. The highest BCUT2D eigenvalue weighted by atomic mass is 16.4. The first kappa shape index (κ1) is 18.2. The fourth-order valence-corrected chi connectivity index (χ4v) is 5.46. The van der Waals surface area contributed by atoms with Gasteiger partial charge in [-0.1, -0.05) is 55.3 Å². The third-order valence-electron chi connectivity index (χ3n) is 6.83. The number of carboxylic acid groups (broad SMARTS) is 1. The molecule has 29 heavy (non-hydrogen) atoms. The molecule has 2 N–H and O–H groups in total. The molecule has 2 aromatic carbocycles. The second-order valence-electron chi connectivity index (χ2n) is 8.45. The number of rotatable bonds is 2. The zero-order chi connectivity index (χ0) is 19.8. The Labute approximate surface area is 171 Å². The molecule has 5 rings (SSSR count). The topological polar surface area (TPSA) is 64.9 Å². The molecule has 3 unspecified atom stereocenters. The van der Waals surface area contributed by atoms with Gasteiger partial charge in [0.25, 0.3) is 0 Å². The highest BCUT2D eigenvalue weighted by Gasteiger charge is 2.52. The summed E-state index contributed by atoms with van der Waals surface area (Å²) in [7, 11) is 0. The van der Waals surface area contributed by atoms with Gasteiger partial charge in [-0.2, -0.15) is 0 Å². The van der Waals surface area contributed by atoms with Crippen LogP contribution < -0.4 is 5.32 Å². The number of benzene rings is 2. The minimum atomic E-state index is -1.38. The van der Waals surface area contributed by atoms with Crippen molar-refractivity contribution in [1.82, 2.24) is 4.90 Å². The Morgan fingerprint density at radius 2 is 1.72 bits per heavy atom. The number of para-hydroxylation sites is 2. The lowest BCUT2D eigenvalue weighted by Crippen LogP contribution is -2.62. The van der Waals surface area contributed by atoms with E-state index >= 15 is 0 Å². The van der Waals surface area contributed by atoms with Crippen molar-refractivity contribution in [2.24, 2.45) is 10.9 Å². The van der Waals surface area contributed by atoms with Gasteiger partial charge in [-0.3, -0.25) is 0 Å². The summed E-state index contributed by atoms with van der Waals surface area (Å²) in [6.07, 6.45) is 7.18. The van der Waals surface area contributed by atoms with Crippen molar-refractivity contribution in [1.29, 1.82) is 0 Å². The Balaban J connectivity index is 1.70. The number of likely N-dealkylation sites (tertiary alicyclic amines) is 1. The van der Waals surface area contributed by atoms with Gasteiger partial charge in [0.2, 0.25) is 5.54 Å². The normalized spacial score (nSPS) is 28.6. The summed E-state index contributed by atoms with van der Waals surface area (Å²) in [5, 5.41) is 14.0. The molecular formula is C24H27N3O2. The van der Waals surface area contributed by atoms with Crippen LogP contribution >= 0.6 is 0 Å². The molecule has 2 aromatic rings. The average molecular weight is 389 g/mol. The molecule has 0 radical (unpaired) electrons. The molecule has 150 valence electrons. The SMILES string of the molecule is O=C(O)C1(c2ccccc2)Nc2ccccc2N=C1N1CCCC2CCCCC21. The van der Waals surface area contributed by atoms with Crippen molar-refractivity contribution in [3.63, 3.8) is 0 Å². The summed E-state index contributed by atoms with van der Waals surface area (Å²) in [6, 6.07) is 17.6. The average Bonchev–Trinajstić information content (AvgIpc) is 2.78. The van der Waals surface area contributed by atoms with Gasteiger partial charge in [0.15, 0.2) is 0 Å². The van der Waals surface area contributed by atoms with E-state index in [1.54, 1.807) is 0 Å². The van der Waals surface area contributed by atoms with Crippen LogP contribution in [0.4, 0.5) is 11.4 Å². The van der Waals surface area contributed by atoms with E-state index in [2.05, 4.69) is 10.2 Å². The number of aliphatic carboxylic acids is 1. The molecule has 5 heteroatoms. The minimum absolute atomic E-state index is 0.380. The van der Waals surface area contributed by atoms with Gasteiger partial charge in [-0.05, 0) is 49.3 Å². The van der Waals surface area contributed by atoms with Crippen LogP contribution in [0.25, 0.3) is 0 Å². The van der Waals surface area contributed by atoms with E-state index in [-0.39, 0.29) is 0 Å². The molecule has 1 saturated carbocycles. The Hall–Kier alpha value is -2.82. The fraction of sp³-hybridized carbons (Fsp3) is 0.417. The zero-order valence-electron chi connectivity index (χ0n) is 16.6. The van der Waals surface area contributed by atoms with Crippen LogP contribution in [0.1, 0.15) is 44.1 Å². The number of anilines is 1. The number of aliphatic imine (C=N–C) groups is 1. The van der Waals surface area contributed by atoms with Gasteiger partial charge in [0.05, 0.1) is 11.4 Å². The monoisotopic (exact) mass is 389 g/mol.